The van der Waals surface area contributed by atoms with E-state index in [1.54, 1.807) is 31.3 Å². The molecular weight excluding hydrogens is 324 g/mol. The first-order chi connectivity index (χ1) is 10.3. The second-order valence-electron chi connectivity index (χ2n) is 5.07. The van der Waals surface area contributed by atoms with E-state index in [9.17, 15) is 8.42 Å². The molecule has 0 aliphatic carbocycles. The maximum absolute atomic E-state index is 12.7. The van der Waals surface area contributed by atoms with Crippen LogP contribution < -0.4 is 0 Å². The average molecular weight is 341 g/mol. The normalized spacial score (nSPS) is 12.1. The summed E-state index contributed by atoms with van der Waals surface area (Å²) < 4.78 is 26.7. The molecule has 0 saturated carbocycles. The van der Waals surface area contributed by atoms with Crippen molar-refractivity contribution in [3.05, 3.63) is 47.3 Å². The number of aromatic nitrogens is 3. The summed E-state index contributed by atoms with van der Waals surface area (Å²) in [5.41, 5.74) is 0.622. The van der Waals surface area contributed by atoms with Crippen molar-refractivity contribution in [2.24, 2.45) is 0 Å². The van der Waals surface area contributed by atoms with Gasteiger partial charge in [-0.15, -0.1) is 0 Å². The monoisotopic (exact) mass is 340 g/mol. The first kappa shape index (κ1) is 16.8. The summed E-state index contributed by atoms with van der Waals surface area (Å²) in [7, 11) is -2.00. The predicted octanol–water partition coefficient (Wildman–Crippen LogP) is 2.14. The lowest BCUT2D eigenvalue weighted by Gasteiger charge is -2.22. The Hall–Kier alpha value is -1.57. The van der Waals surface area contributed by atoms with E-state index in [-0.39, 0.29) is 22.6 Å². The molecule has 0 aliphatic heterocycles. The Morgan fingerprint density at radius 2 is 1.91 bits per heavy atom. The lowest BCUT2D eigenvalue weighted by Crippen LogP contribution is -2.33. The number of nitrogens with zero attached hydrogens (tertiary/aromatic N) is 4. The lowest BCUT2D eigenvalue weighted by atomic mass is 10.1. The zero-order valence-corrected chi connectivity index (χ0v) is 14.1. The molecule has 1 aromatic heterocycles. The van der Waals surface area contributed by atoms with Gasteiger partial charge in [-0.25, -0.2) is 23.4 Å². The fourth-order valence-corrected chi connectivity index (χ4v) is 3.63. The Kier molecular flexibility index (Phi) is 5.10. The molecule has 2 rings (SSSR count). The molecule has 0 radical (unpaired) electrons. The van der Waals surface area contributed by atoms with Crippen LogP contribution in [-0.2, 0) is 16.4 Å². The highest BCUT2D eigenvalue weighted by atomic mass is 35.5. The molecule has 0 atom stereocenters. The van der Waals surface area contributed by atoms with Crippen molar-refractivity contribution in [1.29, 1.82) is 0 Å². The third-order valence-electron chi connectivity index (χ3n) is 3.30. The van der Waals surface area contributed by atoms with Gasteiger partial charge in [-0.1, -0.05) is 18.2 Å². The van der Waals surface area contributed by atoms with E-state index >= 15 is 0 Å². The number of sulfonamides is 1. The van der Waals surface area contributed by atoms with Gasteiger partial charge in [-0.05, 0) is 37.1 Å². The van der Waals surface area contributed by atoms with Crippen LogP contribution >= 0.6 is 11.6 Å². The molecular formula is C14H17ClN4O2S. The maximum atomic E-state index is 12.7. The summed E-state index contributed by atoms with van der Waals surface area (Å²) >= 11 is 5.74. The first-order valence-corrected chi connectivity index (χ1v) is 8.53. The van der Waals surface area contributed by atoms with E-state index in [0.717, 1.165) is 0 Å². The molecule has 118 valence electrons. The standard InChI is InChI=1S/C14H17ClN4O2S/c1-10(2)19(3)22(20,21)12-7-5-4-6-11(12)8-13-16-9-17-14(15)18-13/h4-7,9-10H,8H2,1-3H3. The van der Waals surface area contributed by atoms with Crippen molar-refractivity contribution in [3.8, 4) is 0 Å². The molecule has 0 amide bonds. The second-order valence-corrected chi connectivity index (χ2v) is 7.37. The van der Waals surface area contributed by atoms with Gasteiger partial charge in [0.1, 0.15) is 12.2 Å². The third kappa shape index (κ3) is 3.60. The maximum Gasteiger partial charge on any atom is 0.243 e. The molecule has 8 heteroatoms. The largest absolute Gasteiger partial charge is 0.243 e. The predicted molar refractivity (Wildman–Crippen MR) is 84.2 cm³/mol. The summed E-state index contributed by atoms with van der Waals surface area (Å²) in [4.78, 5) is 12.0. The van der Waals surface area contributed by atoms with Crippen molar-refractivity contribution < 1.29 is 8.42 Å². The van der Waals surface area contributed by atoms with Crippen LogP contribution in [0.2, 0.25) is 5.28 Å². The average Bonchev–Trinajstić information content (AvgIpc) is 2.46. The Bertz CT molecular complexity index is 765. The van der Waals surface area contributed by atoms with E-state index in [1.165, 1.54) is 10.6 Å². The van der Waals surface area contributed by atoms with Crippen molar-refractivity contribution in [3.63, 3.8) is 0 Å². The van der Waals surface area contributed by atoms with Gasteiger partial charge in [0.25, 0.3) is 0 Å². The number of rotatable bonds is 5. The lowest BCUT2D eigenvalue weighted by molar-refractivity contribution is 0.410. The van der Waals surface area contributed by atoms with Crippen LogP contribution in [0.1, 0.15) is 25.2 Å². The fourth-order valence-electron chi connectivity index (χ4n) is 1.90. The molecule has 1 aromatic carbocycles. The van der Waals surface area contributed by atoms with E-state index in [2.05, 4.69) is 15.0 Å². The van der Waals surface area contributed by atoms with Gasteiger partial charge < -0.3 is 0 Å². The van der Waals surface area contributed by atoms with Gasteiger partial charge in [-0.2, -0.15) is 4.31 Å². The molecule has 0 saturated heterocycles. The summed E-state index contributed by atoms with van der Waals surface area (Å²) in [6.45, 7) is 3.65. The van der Waals surface area contributed by atoms with Gasteiger partial charge in [0, 0.05) is 19.5 Å². The van der Waals surface area contributed by atoms with E-state index in [0.29, 0.717) is 11.4 Å². The minimum Gasteiger partial charge on any atom is -0.221 e. The molecule has 0 aliphatic rings. The van der Waals surface area contributed by atoms with Crippen molar-refractivity contribution in [2.45, 2.75) is 31.2 Å². The van der Waals surface area contributed by atoms with Crippen LogP contribution in [0.4, 0.5) is 0 Å². The van der Waals surface area contributed by atoms with Crippen molar-refractivity contribution in [1.82, 2.24) is 19.3 Å². The Morgan fingerprint density at radius 1 is 1.23 bits per heavy atom. The van der Waals surface area contributed by atoms with Crippen LogP contribution in [0.25, 0.3) is 0 Å². The van der Waals surface area contributed by atoms with Gasteiger partial charge in [0.2, 0.25) is 15.3 Å². The zero-order chi connectivity index (χ0) is 16.3. The molecule has 1 heterocycles. The van der Waals surface area contributed by atoms with Gasteiger partial charge in [0.15, 0.2) is 0 Å². The summed E-state index contributed by atoms with van der Waals surface area (Å²) in [6, 6.07) is 6.69. The molecule has 0 unspecified atom stereocenters. The Balaban J connectivity index is 2.43. The fraction of sp³-hybridized carbons (Fsp3) is 0.357. The molecule has 0 bridgehead atoms. The summed E-state index contributed by atoms with van der Waals surface area (Å²) in [5, 5.41) is 0.0876. The minimum atomic E-state index is -3.57. The highest BCUT2D eigenvalue weighted by molar-refractivity contribution is 7.89. The molecule has 6 nitrogen and oxygen atoms in total. The van der Waals surface area contributed by atoms with Gasteiger partial charge >= 0.3 is 0 Å². The Labute approximate surface area is 135 Å². The Morgan fingerprint density at radius 3 is 2.55 bits per heavy atom. The van der Waals surface area contributed by atoms with Crippen LogP contribution in [0.5, 0.6) is 0 Å². The van der Waals surface area contributed by atoms with Crippen LogP contribution in [0, 0.1) is 0 Å². The van der Waals surface area contributed by atoms with E-state index < -0.39 is 10.0 Å². The molecule has 22 heavy (non-hydrogen) atoms. The smallest absolute Gasteiger partial charge is 0.221 e. The minimum absolute atomic E-state index is 0.0876. The second kappa shape index (κ2) is 6.68. The van der Waals surface area contributed by atoms with Crippen LogP contribution in [0.3, 0.4) is 0 Å². The number of hydrogen-bond acceptors (Lipinski definition) is 5. The van der Waals surface area contributed by atoms with Crippen LogP contribution in [-0.4, -0.2) is 40.8 Å². The molecule has 2 aromatic rings. The highest BCUT2D eigenvalue weighted by Gasteiger charge is 2.25. The van der Waals surface area contributed by atoms with E-state index in [1.807, 2.05) is 13.8 Å². The quantitative estimate of drug-likeness (QED) is 0.833. The number of halogens is 1. The van der Waals surface area contributed by atoms with Gasteiger partial charge in [-0.3, -0.25) is 0 Å². The number of hydrogen-bond donors (Lipinski definition) is 0. The van der Waals surface area contributed by atoms with Gasteiger partial charge in [0.05, 0.1) is 4.90 Å². The summed E-state index contributed by atoms with van der Waals surface area (Å²) in [6.07, 6.45) is 1.58. The van der Waals surface area contributed by atoms with E-state index in [4.69, 9.17) is 11.6 Å². The molecule has 0 N–H and O–H groups in total. The SMILES string of the molecule is CC(C)N(C)S(=O)(=O)c1ccccc1Cc1ncnc(Cl)n1. The zero-order valence-electron chi connectivity index (χ0n) is 12.6. The topological polar surface area (TPSA) is 76.1 Å². The molecule has 0 spiro atoms. The summed E-state index contributed by atoms with van der Waals surface area (Å²) in [5.74, 6) is 0.426. The molecule has 0 fully saturated rings. The van der Waals surface area contributed by atoms with Crippen molar-refractivity contribution >= 4 is 21.6 Å². The van der Waals surface area contributed by atoms with Crippen LogP contribution in [0.15, 0.2) is 35.5 Å². The van der Waals surface area contributed by atoms with Crippen molar-refractivity contribution in [2.75, 3.05) is 7.05 Å². The highest BCUT2D eigenvalue weighted by Crippen LogP contribution is 2.22. The third-order valence-corrected chi connectivity index (χ3v) is 5.61. The first-order valence-electron chi connectivity index (χ1n) is 6.71. The number of benzene rings is 1.